The molecule has 1 aliphatic heterocycles. The maximum absolute atomic E-state index is 12.6. The summed E-state index contributed by atoms with van der Waals surface area (Å²) in [4.78, 5) is 15.9. The number of hydrogen-bond donors (Lipinski definition) is 1. The van der Waals surface area contributed by atoms with Gasteiger partial charge in [-0.3, -0.25) is 4.90 Å². The normalized spacial score (nSPS) is 15.3. The molecular weight excluding hydrogens is 326 g/mol. The summed E-state index contributed by atoms with van der Waals surface area (Å²) in [6.45, 7) is 4.02. The molecule has 2 amide bonds. The standard InChI is InChI=1S/C17H27N3O3S/c1-2-3-4-5-6-9-12-19-13-14-20(17(19)21)15-10-7-8-11-16(15)24(18,22)23/h7-8,10-11H,2-6,9,12-14H2,1H3,(H2,18,22,23). The zero-order valence-electron chi connectivity index (χ0n) is 14.3. The predicted molar refractivity (Wildman–Crippen MR) is 95.5 cm³/mol. The lowest BCUT2D eigenvalue weighted by Crippen LogP contribution is -2.33. The monoisotopic (exact) mass is 353 g/mol. The predicted octanol–water partition coefficient (Wildman–Crippen LogP) is 2.94. The molecule has 0 bridgehead atoms. The Hall–Kier alpha value is -1.60. The number of anilines is 1. The molecule has 24 heavy (non-hydrogen) atoms. The molecule has 134 valence electrons. The van der Waals surface area contributed by atoms with Crippen molar-refractivity contribution >= 4 is 21.7 Å². The second-order valence-corrected chi connectivity index (χ2v) is 7.73. The molecule has 0 atom stereocenters. The summed E-state index contributed by atoms with van der Waals surface area (Å²) in [7, 11) is -3.85. The van der Waals surface area contributed by atoms with Gasteiger partial charge in [-0.2, -0.15) is 0 Å². The van der Waals surface area contributed by atoms with Crippen molar-refractivity contribution in [3.8, 4) is 0 Å². The number of hydrogen-bond acceptors (Lipinski definition) is 3. The first-order chi connectivity index (χ1) is 11.4. The summed E-state index contributed by atoms with van der Waals surface area (Å²) in [5.74, 6) is 0. The lowest BCUT2D eigenvalue weighted by Gasteiger charge is -2.20. The smallest absolute Gasteiger partial charge is 0.323 e. The van der Waals surface area contributed by atoms with Crippen LogP contribution in [0, 0.1) is 0 Å². The highest BCUT2D eigenvalue weighted by atomic mass is 32.2. The number of unbranched alkanes of at least 4 members (excludes halogenated alkanes) is 5. The second kappa shape index (κ2) is 8.48. The number of carbonyl (C=O) groups is 1. The maximum Gasteiger partial charge on any atom is 0.324 e. The first-order valence-electron chi connectivity index (χ1n) is 8.63. The van der Waals surface area contributed by atoms with Crippen LogP contribution < -0.4 is 10.0 Å². The van der Waals surface area contributed by atoms with Gasteiger partial charge in [0.15, 0.2) is 0 Å². The van der Waals surface area contributed by atoms with E-state index in [0.717, 1.165) is 19.4 Å². The molecule has 0 aliphatic carbocycles. The van der Waals surface area contributed by atoms with Crippen molar-refractivity contribution in [3.05, 3.63) is 24.3 Å². The lowest BCUT2D eigenvalue weighted by atomic mass is 10.1. The van der Waals surface area contributed by atoms with Crippen LogP contribution >= 0.6 is 0 Å². The number of carbonyl (C=O) groups excluding carboxylic acids is 1. The van der Waals surface area contributed by atoms with Crippen LogP contribution in [0.5, 0.6) is 0 Å². The summed E-state index contributed by atoms with van der Waals surface area (Å²) < 4.78 is 23.4. The van der Waals surface area contributed by atoms with Crippen molar-refractivity contribution < 1.29 is 13.2 Å². The fourth-order valence-electron chi connectivity index (χ4n) is 3.02. The summed E-state index contributed by atoms with van der Waals surface area (Å²) in [5, 5.41) is 5.26. The molecule has 2 rings (SSSR count). The molecule has 0 spiro atoms. The Morgan fingerprint density at radius 2 is 1.71 bits per heavy atom. The molecule has 1 aromatic rings. The van der Waals surface area contributed by atoms with E-state index in [9.17, 15) is 13.2 Å². The molecule has 1 aliphatic rings. The van der Waals surface area contributed by atoms with Crippen LogP contribution in [0.3, 0.4) is 0 Å². The third kappa shape index (κ3) is 4.70. The van der Waals surface area contributed by atoms with Gasteiger partial charge in [0, 0.05) is 19.6 Å². The molecular formula is C17H27N3O3S. The number of sulfonamides is 1. The van der Waals surface area contributed by atoms with E-state index in [1.807, 2.05) is 0 Å². The Kier molecular flexibility index (Phi) is 6.62. The van der Waals surface area contributed by atoms with Crippen molar-refractivity contribution in [1.82, 2.24) is 4.90 Å². The van der Waals surface area contributed by atoms with Crippen molar-refractivity contribution in [1.29, 1.82) is 0 Å². The van der Waals surface area contributed by atoms with Gasteiger partial charge in [0.1, 0.15) is 4.90 Å². The van der Waals surface area contributed by atoms with Gasteiger partial charge in [0.25, 0.3) is 0 Å². The Bertz CT molecular complexity index is 661. The molecule has 0 aromatic heterocycles. The average Bonchev–Trinajstić information content (AvgIpc) is 2.91. The minimum atomic E-state index is -3.85. The first kappa shape index (κ1) is 18.7. The highest BCUT2D eigenvalue weighted by Gasteiger charge is 2.31. The van der Waals surface area contributed by atoms with E-state index in [2.05, 4.69) is 6.92 Å². The van der Waals surface area contributed by atoms with Crippen LogP contribution in [0.1, 0.15) is 45.4 Å². The zero-order valence-corrected chi connectivity index (χ0v) is 15.1. The second-order valence-electron chi connectivity index (χ2n) is 6.20. The van der Waals surface area contributed by atoms with Crippen molar-refractivity contribution in [2.24, 2.45) is 5.14 Å². The van der Waals surface area contributed by atoms with Crippen molar-refractivity contribution in [2.75, 3.05) is 24.5 Å². The van der Waals surface area contributed by atoms with Crippen molar-refractivity contribution in [2.45, 2.75) is 50.3 Å². The van der Waals surface area contributed by atoms with Gasteiger partial charge in [-0.05, 0) is 18.6 Å². The molecule has 1 fully saturated rings. The van der Waals surface area contributed by atoms with Gasteiger partial charge in [-0.1, -0.05) is 51.2 Å². The lowest BCUT2D eigenvalue weighted by molar-refractivity contribution is 0.219. The van der Waals surface area contributed by atoms with Crippen LogP contribution in [0.2, 0.25) is 0 Å². The van der Waals surface area contributed by atoms with Gasteiger partial charge >= 0.3 is 6.03 Å². The Morgan fingerprint density at radius 1 is 1.04 bits per heavy atom. The molecule has 1 aromatic carbocycles. The van der Waals surface area contributed by atoms with E-state index in [-0.39, 0.29) is 10.9 Å². The molecule has 6 nitrogen and oxygen atoms in total. The quantitative estimate of drug-likeness (QED) is 0.693. The number of amides is 2. The number of para-hydroxylation sites is 1. The molecule has 2 N–H and O–H groups in total. The molecule has 0 unspecified atom stereocenters. The van der Waals surface area contributed by atoms with Gasteiger partial charge in [-0.15, -0.1) is 0 Å². The average molecular weight is 353 g/mol. The number of nitrogens with zero attached hydrogens (tertiary/aromatic N) is 2. The number of nitrogens with two attached hydrogens (primary N) is 1. The topological polar surface area (TPSA) is 83.7 Å². The van der Waals surface area contributed by atoms with E-state index >= 15 is 0 Å². The first-order valence-corrected chi connectivity index (χ1v) is 10.2. The highest BCUT2D eigenvalue weighted by molar-refractivity contribution is 7.89. The van der Waals surface area contributed by atoms with E-state index < -0.39 is 10.0 Å². The van der Waals surface area contributed by atoms with Crippen LogP contribution in [-0.2, 0) is 10.0 Å². The van der Waals surface area contributed by atoms with Gasteiger partial charge in [0.05, 0.1) is 5.69 Å². The number of rotatable bonds is 9. The zero-order chi connectivity index (χ0) is 17.6. The minimum Gasteiger partial charge on any atom is -0.323 e. The van der Waals surface area contributed by atoms with E-state index in [1.165, 1.54) is 36.6 Å². The van der Waals surface area contributed by atoms with Crippen LogP contribution in [-0.4, -0.2) is 39.0 Å². The highest BCUT2D eigenvalue weighted by Crippen LogP contribution is 2.27. The maximum atomic E-state index is 12.6. The third-order valence-corrected chi connectivity index (χ3v) is 5.30. The summed E-state index contributed by atoms with van der Waals surface area (Å²) >= 11 is 0. The number of urea groups is 1. The number of primary sulfonamides is 1. The number of benzene rings is 1. The van der Waals surface area contributed by atoms with E-state index in [0.29, 0.717) is 18.8 Å². The summed E-state index contributed by atoms with van der Waals surface area (Å²) in [6, 6.07) is 6.26. The Balaban J connectivity index is 1.95. The van der Waals surface area contributed by atoms with E-state index in [1.54, 1.807) is 23.1 Å². The minimum absolute atomic E-state index is 0.000217. The van der Waals surface area contributed by atoms with Crippen LogP contribution in [0.4, 0.5) is 10.5 Å². The van der Waals surface area contributed by atoms with Gasteiger partial charge in [-0.25, -0.2) is 18.4 Å². The fraction of sp³-hybridized carbons (Fsp3) is 0.588. The summed E-state index contributed by atoms with van der Waals surface area (Å²) in [5.41, 5.74) is 0.371. The molecule has 0 saturated carbocycles. The molecule has 7 heteroatoms. The van der Waals surface area contributed by atoms with Crippen LogP contribution in [0.25, 0.3) is 0 Å². The Labute approximate surface area is 144 Å². The SMILES string of the molecule is CCCCCCCCN1CCN(c2ccccc2S(N)(=O)=O)C1=O. The third-order valence-electron chi connectivity index (χ3n) is 4.34. The van der Waals surface area contributed by atoms with E-state index in [4.69, 9.17) is 5.14 Å². The fourth-order valence-corrected chi connectivity index (χ4v) is 3.76. The van der Waals surface area contributed by atoms with Crippen molar-refractivity contribution in [3.63, 3.8) is 0 Å². The van der Waals surface area contributed by atoms with Crippen LogP contribution in [0.15, 0.2) is 29.2 Å². The molecule has 1 saturated heterocycles. The van der Waals surface area contributed by atoms with Gasteiger partial charge in [0.2, 0.25) is 10.0 Å². The molecule has 1 heterocycles. The van der Waals surface area contributed by atoms with Gasteiger partial charge < -0.3 is 4.90 Å². The Morgan fingerprint density at radius 3 is 2.42 bits per heavy atom. The largest absolute Gasteiger partial charge is 0.324 e. The molecule has 0 radical (unpaired) electrons. The summed E-state index contributed by atoms with van der Waals surface area (Å²) in [6.07, 6.45) is 7.05.